The first kappa shape index (κ1) is 52.5. The normalized spacial score (nSPS) is 14.0. The molecule has 9 nitrogen and oxygen atoms in total. The molecule has 0 aliphatic heterocycles. The van der Waals surface area contributed by atoms with Gasteiger partial charge in [0.25, 0.3) is 0 Å². The number of nitrogens with one attached hydrogen (secondary N) is 1. The van der Waals surface area contributed by atoms with Gasteiger partial charge in [0.15, 0.2) is 0 Å². The average Bonchev–Trinajstić information content (AvgIpc) is 3.17. The van der Waals surface area contributed by atoms with Crippen LogP contribution in [0.4, 0.5) is 0 Å². The highest BCUT2D eigenvalue weighted by molar-refractivity contribution is 7.47. The van der Waals surface area contributed by atoms with Crippen molar-refractivity contribution in [2.24, 2.45) is 0 Å². The fraction of sp³-hybridized carbons (Fsp3) is 0.689. The summed E-state index contributed by atoms with van der Waals surface area (Å²) >= 11 is 0. The van der Waals surface area contributed by atoms with Crippen molar-refractivity contribution < 1.29 is 37.9 Å². The van der Waals surface area contributed by atoms with Crippen molar-refractivity contribution in [2.45, 2.75) is 174 Å². The fourth-order valence-corrected chi connectivity index (χ4v) is 6.17. The number of amides is 1. The quantitative estimate of drug-likeness (QED) is 0.0243. The first-order valence-corrected chi connectivity index (χ1v) is 22.9. The van der Waals surface area contributed by atoms with Gasteiger partial charge in [-0.05, 0) is 77.0 Å². The van der Waals surface area contributed by atoms with E-state index in [0.717, 1.165) is 70.6 Å². The van der Waals surface area contributed by atoms with E-state index < -0.39 is 26.5 Å². The first-order chi connectivity index (χ1) is 26.8. The first-order valence-electron chi connectivity index (χ1n) is 21.4. The number of aliphatic hydroxyl groups is 1. The van der Waals surface area contributed by atoms with E-state index in [0.29, 0.717) is 12.8 Å². The highest BCUT2D eigenvalue weighted by Gasteiger charge is 2.23. The van der Waals surface area contributed by atoms with Gasteiger partial charge in [0.1, 0.15) is 12.7 Å². The summed E-state index contributed by atoms with van der Waals surface area (Å²) in [7, 11) is -4.44. The van der Waals surface area contributed by atoms with Crippen LogP contribution < -0.4 is 5.32 Å². The van der Waals surface area contributed by atoms with Crippen LogP contribution in [-0.4, -0.2) is 54.3 Å². The van der Waals surface area contributed by atoms with Gasteiger partial charge in [-0.15, -0.1) is 0 Å². The Morgan fingerprint density at radius 3 is 1.62 bits per heavy atom. The highest BCUT2D eigenvalue weighted by atomic mass is 31.2. The predicted octanol–water partition coefficient (Wildman–Crippen LogP) is 11.9. The average molecular weight is 792 g/mol. The molecule has 0 radical (unpaired) electrons. The van der Waals surface area contributed by atoms with Crippen molar-refractivity contribution in [3.63, 3.8) is 0 Å². The highest BCUT2D eigenvalue weighted by Crippen LogP contribution is 2.42. The zero-order valence-electron chi connectivity index (χ0n) is 34.6. The third kappa shape index (κ3) is 42.4. The zero-order chi connectivity index (χ0) is 40.3. The van der Waals surface area contributed by atoms with Gasteiger partial charge in [0.2, 0.25) is 5.91 Å². The monoisotopic (exact) mass is 792 g/mol. The van der Waals surface area contributed by atoms with Crippen molar-refractivity contribution in [1.82, 2.24) is 5.32 Å². The molecular weight excluding hydrogens is 713 g/mol. The van der Waals surface area contributed by atoms with E-state index in [2.05, 4.69) is 92.1 Å². The predicted molar refractivity (Wildman–Crippen MR) is 229 cm³/mol. The number of carbonyl (C=O) groups is 2. The van der Waals surface area contributed by atoms with Crippen molar-refractivity contribution in [2.75, 3.05) is 26.4 Å². The van der Waals surface area contributed by atoms with Gasteiger partial charge in [-0.3, -0.25) is 18.6 Å². The van der Waals surface area contributed by atoms with Gasteiger partial charge in [0, 0.05) is 19.4 Å². The Balaban J connectivity index is 3.70. The molecule has 0 saturated heterocycles. The lowest BCUT2D eigenvalue weighted by atomic mass is 10.1. The summed E-state index contributed by atoms with van der Waals surface area (Å²) in [5.74, 6) is -0.585. The van der Waals surface area contributed by atoms with Gasteiger partial charge in [-0.25, -0.2) is 4.57 Å². The van der Waals surface area contributed by atoms with Crippen LogP contribution in [0.1, 0.15) is 168 Å². The number of aliphatic hydroxyl groups excluding tert-OH is 1. The molecule has 3 N–H and O–H groups in total. The van der Waals surface area contributed by atoms with E-state index in [9.17, 15) is 24.2 Å². The summed E-state index contributed by atoms with van der Waals surface area (Å²) in [6, 6.07) is 0. The number of phosphoric acid groups is 1. The van der Waals surface area contributed by atoms with Crippen LogP contribution >= 0.6 is 7.82 Å². The van der Waals surface area contributed by atoms with Crippen LogP contribution in [0.5, 0.6) is 0 Å². The molecule has 2 atom stereocenters. The summed E-state index contributed by atoms with van der Waals surface area (Å²) in [5, 5.41) is 12.7. The third-order valence-corrected chi connectivity index (χ3v) is 9.60. The maximum atomic E-state index is 12.1. The van der Waals surface area contributed by atoms with Crippen molar-refractivity contribution >= 4 is 19.7 Å². The second-order valence-corrected chi connectivity index (χ2v) is 15.4. The Hall–Kier alpha value is -2.55. The van der Waals surface area contributed by atoms with Crippen LogP contribution in [0.25, 0.3) is 0 Å². The minimum Gasteiger partial charge on any atom is -0.463 e. The molecule has 0 aliphatic rings. The van der Waals surface area contributed by atoms with E-state index in [1.54, 1.807) is 0 Å². The third-order valence-electron chi connectivity index (χ3n) is 8.62. The number of allylic oxidation sites excluding steroid dienone is 12. The molecule has 0 bridgehead atoms. The van der Waals surface area contributed by atoms with Crippen LogP contribution in [-0.2, 0) is 27.9 Å². The summed E-state index contributed by atoms with van der Waals surface area (Å²) < 4.78 is 26.8. The van der Waals surface area contributed by atoms with Crippen molar-refractivity contribution in [3.8, 4) is 0 Å². The summed E-state index contributed by atoms with van der Waals surface area (Å²) in [5.41, 5.74) is 0. The summed E-state index contributed by atoms with van der Waals surface area (Å²) in [6.07, 6.45) is 49.8. The summed E-state index contributed by atoms with van der Waals surface area (Å²) in [6.45, 7) is 3.35. The number of rotatable bonds is 39. The maximum absolute atomic E-state index is 12.1. The Morgan fingerprint density at radius 2 is 1.05 bits per heavy atom. The lowest BCUT2D eigenvalue weighted by Gasteiger charge is -2.15. The Bertz CT molecular complexity index is 1130. The zero-order valence-corrected chi connectivity index (χ0v) is 35.5. The molecule has 10 heteroatoms. The van der Waals surface area contributed by atoms with E-state index in [1.165, 1.54) is 64.2 Å². The van der Waals surface area contributed by atoms with Crippen LogP contribution in [0.2, 0.25) is 0 Å². The minimum atomic E-state index is -4.44. The number of esters is 1. The van der Waals surface area contributed by atoms with Gasteiger partial charge >= 0.3 is 13.8 Å². The molecule has 316 valence electrons. The van der Waals surface area contributed by atoms with Gasteiger partial charge in [0.05, 0.1) is 13.2 Å². The molecule has 0 spiro atoms. The van der Waals surface area contributed by atoms with Crippen LogP contribution in [0.15, 0.2) is 72.9 Å². The number of phosphoric ester groups is 1. The molecular formula is C45H78NO8P. The van der Waals surface area contributed by atoms with Gasteiger partial charge in [-0.2, -0.15) is 0 Å². The molecule has 55 heavy (non-hydrogen) atoms. The largest absolute Gasteiger partial charge is 0.472 e. The molecule has 0 aromatic heterocycles. The molecule has 1 amide bonds. The smallest absolute Gasteiger partial charge is 0.463 e. The Kier molecular flexibility index (Phi) is 39.2. The van der Waals surface area contributed by atoms with E-state index in [4.69, 9.17) is 13.8 Å². The molecule has 0 aromatic carbocycles. The second-order valence-electron chi connectivity index (χ2n) is 13.9. The molecule has 2 unspecified atom stereocenters. The number of hydrogen-bond acceptors (Lipinski definition) is 7. The number of unbranched alkanes of at least 4 members (excludes halogenated alkanes) is 14. The summed E-state index contributed by atoms with van der Waals surface area (Å²) in [4.78, 5) is 33.9. The lowest BCUT2D eigenvalue weighted by molar-refractivity contribution is -0.147. The van der Waals surface area contributed by atoms with Crippen LogP contribution in [0, 0.1) is 0 Å². The topological polar surface area (TPSA) is 131 Å². The SMILES string of the molecule is CC/C=C\C/C=C\C/C=C\C/C=C\C/C=C\CCCC(=O)NCCOP(=O)(O)OCC(O)COC(=O)CCCCCCCCC/C=C\CCCCCCCC. The molecule has 0 heterocycles. The Labute approximate surface area is 335 Å². The molecule has 0 saturated carbocycles. The van der Waals surface area contributed by atoms with Crippen molar-refractivity contribution in [1.29, 1.82) is 0 Å². The number of hydrogen-bond donors (Lipinski definition) is 3. The second kappa shape index (κ2) is 41.1. The minimum absolute atomic E-state index is 0.0472. The lowest BCUT2D eigenvalue weighted by Crippen LogP contribution is -2.27. The molecule has 0 rings (SSSR count). The fourth-order valence-electron chi connectivity index (χ4n) is 5.41. The van der Waals surface area contributed by atoms with Gasteiger partial charge in [-0.1, -0.05) is 151 Å². The van der Waals surface area contributed by atoms with E-state index in [-0.39, 0.29) is 32.1 Å². The van der Waals surface area contributed by atoms with Gasteiger partial charge < -0.3 is 20.1 Å². The number of ether oxygens (including phenoxy) is 1. The van der Waals surface area contributed by atoms with Crippen LogP contribution in [0.3, 0.4) is 0 Å². The molecule has 0 aromatic rings. The Morgan fingerprint density at radius 1 is 0.582 bits per heavy atom. The standard InChI is InChI=1S/C45H78NO8P/c1-3-5-7-9-11-13-15-17-19-21-23-25-27-29-31-33-35-37-44(48)46-39-40-53-55(50,51)54-42-43(47)41-52-45(49)38-36-34-32-30-28-26-24-22-20-18-16-14-12-10-8-6-4-2/h5,7,11,13,17-20,23,25,29,31,43,47H,3-4,6,8-10,12,14-16,21-22,24,26-28,30,32-42H2,1-2H3,(H,46,48)(H,50,51)/b7-5-,13-11-,19-17-,20-18-,25-23-,31-29-. The molecule has 0 fully saturated rings. The van der Waals surface area contributed by atoms with E-state index in [1.807, 2.05) is 0 Å². The number of carbonyl (C=O) groups excluding carboxylic acids is 2. The molecule has 0 aliphatic carbocycles. The maximum Gasteiger partial charge on any atom is 0.472 e. The van der Waals surface area contributed by atoms with Crippen molar-refractivity contribution in [3.05, 3.63) is 72.9 Å². The van der Waals surface area contributed by atoms with E-state index >= 15 is 0 Å².